The Bertz CT molecular complexity index is 742. The van der Waals surface area contributed by atoms with Crippen LogP contribution in [0.25, 0.3) is 0 Å². The molecule has 0 bridgehead atoms. The molecule has 0 saturated carbocycles. The van der Waals surface area contributed by atoms with Crippen molar-refractivity contribution in [3.8, 4) is 0 Å². The molecule has 0 fully saturated rings. The molecule has 0 aliphatic heterocycles. The van der Waals surface area contributed by atoms with Crippen LogP contribution in [0.15, 0.2) is 48.6 Å². The molecule has 0 aromatic rings. The molecule has 1 atom stereocenters. The van der Waals surface area contributed by atoms with Gasteiger partial charge in [0.15, 0.2) is 0 Å². The van der Waals surface area contributed by atoms with E-state index in [4.69, 9.17) is 14.2 Å². The Balaban J connectivity index is 3.96. The molecule has 0 N–H and O–H groups in total. The Labute approximate surface area is 314 Å². The maximum atomic E-state index is 6.33. The maximum absolute atomic E-state index is 6.33. The Kier molecular flexibility index (Phi) is 42.9. The Hall–Kier alpha value is -1.20. The number of likely N-dealkylation sites (N-methyl/N-ethyl adjacent to an activating group) is 1. The monoisotopic (exact) mass is 702 g/mol. The molecule has 0 aromatic heterocycles. The number of nitrogens with zero attached hydrogens (tertiary/aromatic N) is 1. The number of rotatable bonds is 41. The van der Waals surface area contributed by atoms with E-state index in [-0.39, 0.29) is 6.10 Å². The highest BCUT2D eigenvalue weighted by molar-refractivity contribution is 4.93. The topological polar surface area (TPSA) is 30.9 Å². The zero-order valence-electron chi connectivity index (χ0n) is 34.2. The first-order valence-electron chi connectivity index (χ1n) is 21.9. The van der Waals surface area contributed by atoms with Crippen LogP contribution < -0.4 is 0 Å². The van der Waals surface area contributed by atoms with Crippen molar-refractivity contribution < 1.29 is 14.2 Å². The summed E-state index contributed by atoms with van der Waals surface area (Å²) in [5.41, 5.74) is 0. The highest BCUT2D eigenvalue weighted by Gasteiger charge is 2.10. The van der Waals surface area contributed by atoms with Gasteiger partial charge in [-0.3, -0.25) is 0 Å². The molecule has 0 aliphatic carbocycles. The van der Waals surface area contributed by atoms with Crippen LogP contribution in [0.1, 0.15) is 188 Å². The average molecular weight is 702 g/mol. The highest BCUT2D eigenvalue weighted by Crippen LogP contribution is 2.11. The molecule has 0 aromatic carbocycles. The Morgan fingerprint density at radius 3 is 1.34 bits per heavy atom. The second-order valence-corrected chi connectivity index (χ2v) is 14.2. The standard InChI is InChI=1S/C46H87NO3/c1-5-9-11-13-15-17-19-21-23-25-27-29-31-33-35-37-41-49-45-46(39-43-48-44-40-47(7-3)8-4)50-42-38-36-34-32-30-28-26-24-22-20-18-16-14-12-10-6-2/h15-18,21-24,46H,5-14,19-20,25-45H2,1-4H3/b17-15-,18-16-,23-21-,24-22-. The largest absolute Gasteiger partial charge is 0.380 e. The van der Waals surface area contributed by atoms with Crippen LogP contribution in [0.4, 0.5) is 0 Å². The summed E-state index contributed by atoms with van der Waals surface area (Å²) in [6, 6.07) is 0. The number of ether oxygens (including phenoxy) is 3. The van der Waals surface area contributed by atoms with E-state index in [9.17, 15) is 0 Å². The summed E-state index contributed by atoms with van der Waals surface area (Å²) in [5, 5.41) is 0. The molecule has 0 heterocycles. The Morgan fingerprint density at radius 2 is 0.860 bits per heavy atom. The predicted octanol–water partition coefficient (Wildman–Crippen LogP) is 13.8. The molecular weight excluding hydrogens is 615 g/mol. The second-order valence-electron chi connectivity index (χ2n) is 14.2. The van der Waals surface area contributed by atoms with E-state index < -0.39 is 0 Å². The van der Waals surface area contributed by atoms with Crippen LogP contribution in [0.2, 0.25) is 0 Å². The second kappa shape index (κ2) is 44.0. The van der Waals surface area contributed by atoms with Crippen molar-refractivity contribution in [3.05, 3.63) is 48.6 Å². The van der Waals surface area contributed by atoms with Gasteiger partial charge in [0.25, 0.3) is 0 Å². The molecule has 4 heteroatoms. The van der Waals surface area contributed by atoms with Gasteiger partial charge in [0, 0.05) is 26.4 Å². The van der Waals surface area contributed by atoms with Gasteiger partial charge in [-0.25, -0.2) is 0 Å². The van der Waals surface area contributed by atoms with E-state index >= 15 is 0 Å². The summed E-state index contributed by atoms with van der Waals surface area (Å²) < 4.78 is 18.4. The van der Waals surface area contributed by atoms with Crippen LogP contribution in [0.5, 0.6) is 0 Å². The minimum atomic E-state index is 0.144. The summed E-state index contributed by atoms with van der Waals surface area (Å²) >= 11 is 0. The quantitative estimate of drug-likeness (QED) is 0.0469. The fourth-order valence-corrected chi connectivity index (χ4v) is 6.01. The van der Waals surface area contributed by atoms with Crippen LogP contribution in [-0.4, -0.2) is 63.7 Å². The SMILES string of the molecule is CCCCC/C=C\C/C=C\CCCCCCCCOCC(CCOCCN(CC)CC)OCCCCCCCC/C=C\C/C=C\CCCCC. The molecule has 0 radical (unpaired) electrons. The van der Waals surface area contributed by atoms with Gasteiger partial charge in [0.2, 0.25) is 0 Å². The van der Waals surface area contributed by atoms with Gasteiger partial charge in [-0.2, -0.15) is 0 Å². The lowest BCUT2D eigenvalue weighted by Gasteiger charge is -2.20. The van der Waals surface area contributed by atoms with Crippen molar-refractivity contribution in [2.75, 3.05) is 52.7 Å². The first-order valence-corrected chi connectivity index (χ1v) is 21.9. The molecule has 0 amide bonds. The molecule has 4 nitrogen and oxygen atoms in total. The first kappa shape index (κ1) is 48.8. The number of allylic oxidation sites excluding steroid dienone is 8. The number of hydrogen-bond acceptors (Lipinski definition) is 4. The van der Waals surface area contributed by atoms with Gasteiger partial charge in [-0.1, -0.05) is 153 Å². The molecule has 1 unspecified atom stereocenters. The van der Waals surface area contributed by atoms with E-state index in [1.54, 1.807) is 0 Å². The van der Waals surface area contributed by atoms with Crippen LogP contribution in [0.3, 0.4) is 0 Å². The van der Waals surface area contributed by atoms with Gasteiger partial charge in [0.05, 0.1) is 19.3 Å². The molecular formula is C46H87NO3. The summed E-state index contributed by atoms with van der Waals surface area (Å²) in [5.74, 6) is 0. The zero-order chi connectivity index (χ0) is 36.3. The van der Waals surface area contributed by atoms with Crippen molar-refractivity contribution >= 4 is 0 Å². The third-order valence-corrected chi connectivity index (χ3v) is 9.52. The lowest BCUT2D eigenvalue weighted by molar-refractivity contribution is -0.0357. The molecule has 294 valence electrons. The van der Waals surface area contributed by atoms with Crippen molar-refractivity contribution in [2.24, 2.45) is 0 Å². The van der Waals surface area contributed by atoms with E-state index in [2.05, 4.69) is 81.2 Å². The average Bonchev–Trinajstić information content (AvgIpc) is 3.13. The van der Waals surface area contributed by atoms with Gasteiger partial charge in [-0.05, 0) is 96.6 Å². The van der Waals surface area contributed by atoms with Crippen molar-refractivity contribution in [1.29, 1.82) is 0 Å². The summed E-state index contributed by atoms with van der Waals surface area (Å²) in [7, 11) is 0. The van der Waals surface area contributed by atoms with Gasteiger partial charge >= 0.3 is 0 Å². The van der Waals surface area contributed by atoms with Crippen LogP contribution in [0, 0.1) is 0 Å². The lowest BCUT2D eigenvalue weighted by atomic mass is 10.1. The summed E-state index contributed by atoms with van der Waals surface area (Å²) in [6.07, 6.45) is 50.4. The smallest absolute Gasteiger partial charge is 0.0830 e. The molecule has 0 aliphatic rings. The fourth-order valence-electron chi connectivity index (χ4n) is 6.01. The van der Waals surface area contributed by atoms with Gasteiger partial charge in [0.1, 0.15) is 0 Å². The van der Waals surface area contributed by atoms with E-state index in [1.165, 1.54) is 128 Å². The summed E-state index contributed by atoms with van der Waals surface area (Å²) in [4.78, 5) is 2.41. The number of unbranched alkanes of at least 4 members (excludes halogenated alkanes) is 18. The minimum Gasteiger partial charge on any atom is -0.380 e. The van der Waals surface area contributed by atoms with Crippen molar-refractivity contribution in [2.45, 2.75) is 194 Å². The zero-order valence-corrected chi connectivity index (χ0v) is 34.2. The van der Waals surface area contributed by atoms with Crippen LogP contribution >= 0.6 is 0 Å². The third-order valence-electron chi connectivity index (χ3n) is 9.52. The molecule has 50 heavy (non-hydrogen) atoms. The van der Waals surface area contributed by atoms with E-state index in [0.717, 1.165) is 78.2 Å². The maximum Gasteiger partial charge on any atom is 0.0830 e. The van der Waals surface area contributed by atoms with E-state index in [1.807, 2.05) is 0 Å². The molecule has 0 saturated heterocycles. The molecule has 0 rings (SSSR count). The van der Waals surface area contributed by atoms with E-state index in [0.29, 0.717) is 6.61 Å². The summed E-state index contributed by atoms with van der Waals surface area (Å²) in [6.45, 7) is 16.1. The Morgan fingerprint density at radius 1 is 0.420 bits per heavy atom. The predicted molar refractivity (Wildman–Crippen MR) is 222 cm³/mol. The van der Waals surface area contributed by atoms with Crippen LogP contribution in [-0.2, 0) is 14.2 Å². The lowest BCUT2D eigenvalue weighted by Crippen LogP contribution is -2.28. The molecule has 0 spiro atoms. The fraction of sp³-hybridized carbons (Fsp3) is 0.826. The number of hydrogen-bond donors (Lipinski definition) is 0. The normalized spacial score (nSPS) is 13.1. The van der Waals surface area contributed by atoms with Gasteiger partial charge < -0.3 is 19.1 Å². The third kappa shape index (κ3) is 39.6. The highest BCUT2D eigenvalue weighted by atomic mass is 16.5. The van der Waals surface area contributed by atoms with Gasteiger partial charge in [-0.15, -0.1) is 0 Å². The first-order chi connectivity index (χ1) is 24.8. The van der Waals surface area contributed by atoms with Crippen molar-refractivity contribution in [1.82, 2.24) is 4.90 Å². The van der Waals surface area contributed by atoms with Crippen molar-refractivity contribution in [3.63, 3.8) is 0 Å². The minimum absolute atomic E-state index is 0.144.